The third-order valence-electron chi connectivity index (χ3n) is 1.48. The molecule has 0 aromatic heterocycles. The molecule has 0 fully saturated rings. The summed E-state index contributed by atoms with van der Waals surface area (Å²) in [5, 5.41) is 0. The molecule has 0 radical (unpaired) electrons. The predicted octanol–water partition coefficient (Wildman–Crippen LogP) is 2.12. The molecule has 21 heavy (non-hydrogen) atoms. The van der Waals surface area contributed by atoms with Gasteiger partial charge in [-0.3, -0.25) is 9.05 Å². The van der Waals surface area contributed by atoms with Gasteiger partial charge in [0.05, 0.1) is 12.2 Å². The highest BCUT2D eigenvalue weighted by Crippen LogP contribution is 2.38. The molecule has 0 spiro atoms. The summed E-state index contributed by atoms with van der Waals surface area (Å²) in [5.41, 5.74) is 5.14. The van der Waals surface area contributed by atoms with Gasteiger partial charge in [0.2, 0.25) is 13.6 Å². The quantitative estimate of drug-likeness (QED) is 0.401. The van der Waals surface area contributed by atoms with Crippen LogP contribution in [0, 0.1) is 0 Å². The minimum atomic E-state index is -4.04. The standard InChI is InChI=1S/C10H20NO9P/c1-7(2)19-9(12)15-5-17-21(11,14)18-6-16-10(13)20-8(3)4/h7-8H,5-6H2,1-4H3,(H2,11,14). The summed E-state index contributed by atoms with van der Waals surface area (Å²) in [6.07, 6.45) is -2.78. The van der Waals surface area contributed by atoms with E-state index in [1.54, 1.807) is 27.7 Å². The molecule has 0 saturated heterocycles. The summed E-state index contributed by atoms with van der Waals surface area (Å²) < 4.78 is 38.6. The Kier molecular flexibility index (Phi) is 8.95. The second kappa shape index (κ2) is 9.56. The van der Waals surface area contributed by atoms with E-state index in [-0.39, 0.29) is 12.2 Å². The van der Waals surface area contributed by atoms with Crippen LogP contribution < -0.4 is 5.50 Å². The number of carbonyl (C=O) groups is 2. The Bertz CT molecular complexity index is 353. The van der Waals surface area contributed by atoms with Crippen molar-refractivity contribution in [3.63, 3.8) is 0 Å². The lowest BCUT2D eigenvalue weighted by atomic mass is 10.5. The lowest BCUT2D eigenvalue weighted by Gasteiger charge is -2.14. The molecule has 0 aliphatic carbocycles. The Morgan fingerprint density at radius 2 is 1.24 bits per heavy atom. The summed E-state index contributed by atoms with van der Waals surface area (Å²) in [6.45, 7) is 4.99. The first kappa shape index (κ1) is 19.7. The lowest BCUT2D eigenvalue weighted by molar-refractivity contribution is -0.0301. The zero-order valence-corrected chi connectivity index (χ0v) is 13.2. The zero-order valence-electron chi connectivity index (χ0n) is 12.3. The van der Waals surface area contributed by atoms with Gasteiger partial charge in [0.25, 0.3) is 0 Å². The number of ether oxygens (including phenoxy) is 4. The predicted molar refractivity (Wildman–Crippen MR) is 69.1 cm³/mol. The van der Waals surface area contributed by atoms with Crippen LogP contribution in [0.2, 0.25) is 0 Å². The fourth-order valence-corrected chi connectivity index (χ4v) is 1.26. The second-order valence-electron chi connectivity index (χ2n) is 4.16. The Labute approximate surface area is 122 Å². The van der Waals surface area contributed by atoms with Crippen molar-refractivity contribution >= 4 is 20.1 Å². The van der Waals surface area contributed by atoms with Crippen LogP contribution in [0.3, 0.4) is 0 Å². The van der Waals surface area contributed by atoms with Gasteiger partial charge in [0.1, 0.15) is 0 Å². The summed E-state index contributed by atoms with van der Waals surface area (Å²) in [7, 11) is -4.04. The van der Waals surface area contributed by atoms with E-state index in [2.05, 4.69) is 28.0 Å². The Morgan fingerprint density at radius 3 is 1.52 bits per heavy atom. The van der Waals surface area contributed by atoms with Gasteiger partial charge in [0.15, 0.2) is 0 Å². The van der Waals surface area contributed by atoms with E-state index in [1.807, 2.05) is 0 Å². The molecule has 0 unspecified atom stereocenters. The lowest BCUT2D eigenvalue weighted by Crippen LogP contribution is -2.17. The first-order valence-electron chi connectivity index (χ1n) is 5.97. The smallest absolute Gasteiger partial charge is 0.432 e. The maximum Gasteiger partial charge on any atom is 0.510 e. The molecule has 0 aliphatic heterocycles. The minimum absolute atomic E-state index is 0.376. The van der Waals surface area contributed by atoms with Crippen molar-refractivity contribution in [1.29, 1.82) is 0 Å². The normalized spacial score (nSPS) is 11.4. The average Bonchev–Trinajstić information content (AvgIpc) is 2.25. The highest BCUT2D eigenvalue weighted by atomic mass is 31.2. The van der Waals surface area contributed by atoms with Gasteiger partial charge in [-0.15, -0.1) is 0 Å². The van der Waals surface area contributed by atoms with Gasteiger partial charge in [-0.05, 0) is 27.7 Å². The molecule has 0 atom stereocenters. The average molecular weight is 329 g/mol. The van der Waals surface area contributed by atoms with Crippen LogP contribution in [0.5, 0.6) is 0 Å². The monoisotopic (exact) mass is 329 g/mol. The molecule has 0 aromatic carbocycles. The van der Waals surface area contributed by atoms with Crippen molar-refractivity contribution < 1.29 is 42.1 Å². The maximum absolute atomic E-state index is 11.5. The molecular formula is C10H20NO9P. The van der Waals surface area contributed by atoms with Gasteiger partial charge >= 0.3 is 20.1 Å². The van der Waals surface area contributed by atoms with E-state index in [4.69, 9.17) is 5.50 Å². The Balaban J connectivity index is 3.86. The fourth-order valence-electron chi connectivity index (χ4n) is 0.786. The second-order valence-corrected chi connectivity index (χ2v) is 5.75. The van der Waals surface area contributed by atoms with E-state index in [9.17, 15) is 14.2 Å². The van der Waals surface area contributed by atoms with Gasteiger partial charge in [-0.2, -0.15) is 0 Å². The fraction of sp³-hybridized carbons (Fsp3) is 0.800. The van der Waals surface area contributed by atoms with Crippen molar-refractivity contribution in [2.45, 2.75) is 39.9 Å². The number of rotatable bonds is 8. The van der Waals surface area contributed by atoms with E-state index >= 15 is 0 Å². The minimum Gasteiger partial charge on any atom is -0.432 e. The number of hydrogen-bond acceptors (Lipinski definition) is 9. The molecule has 0 aromatic rings. The molecular weight excluding hydrogens is 309 g/mol. The summed E-state index contributed by atoms with van der Waals surface area (Å²) in [6, 6.07) is 0. The summed E-state index contributed by atoms with van der Waals surface area (Å²) in [5.74, 6) is 0. The number of hydrogen-bond donors (Lipinski definition) is 1. The van der Waals surface area contributed by atoms with Crippen molar-refractivity contribution in [1.82, 2.24) is 0 Å². The van der Waals surface area contributed by atoms with Gasteiger partial charge in [-0.1, -0.05) is 0 Å². The Morgan fingerprint density at radius 1 is 0.905 bits per heavy atom. The Hall–Kier alpha value is -1.35. The third kappa shape index (κ3) is 12.1. The topological polar surface area (TPSA) is 133 Å². The molecule has 0 aliphatic rings. The van der Waals surface area contributed by atoms with Crippen molar-refractivity contribution in [2.24, 2.45) is 5.50 Å². The van der Waals surface area contributed by atoms with Crippen LogP contribution in [0.25, 0.3) is 0 Å². The van der Waals surface area contributed by atoms with Crippen LogP contribution in [0.1, 0.15) is 27.7 Å². The van der Waals surface area contributed by atoms with Crippen LogP contribution >= 0.6 is 7.75 Å². The molecule has 2 N–H and O–H groups in total. The highest BCUT2D eigenvalue weighted by Gasteiger charge is 2.21. The molecule has 0 heterocycles. The number of nitrogens with two attached hydrogens (primary N) is 1. The highest BCUT2D eigenvalue weighted by molar-refractivity contribution is 7.51. The van der Waals surface area contributed by atoms with Gasteiger partial charge in [0, 0.05) is 0 Å². The van der Waals surface area contributed by atoms with E-state index in [0.717, 1.165) is 0 Å². The first-order valence-corrected chi connectivity index (χ1v) is 7.58. The SMILES string of the molecule is CC(C)OC(=O)OCOP(N)(=O)OCOC(=O)OC(C)C. The largest absolute Gasteiger partial charge is 0.510 e. The summed E-state index contributed by atoms with van der Waals surface area (Å²) >= 11 is 0. The molecule has 11 heteroatoms. The molecule has 0 bridgehead atoms. The van der Waals surface area contributed by atoms with E-state index in [1.165, 1.54) is 0 Å². The van der Waals surface area contributed by atoms with E-state index < -0.39 is 33.6 Å². The van der Waals surface area contributed by atoms with Gasteiger partial charge in [-0.25, -0.2) is 19.7 Å². The molecule has 0 rings (SSSR count). The molecule has 10 nitrogen and oxygen atoms in total. The van der Waals surface area contributed by atoms with Crippen LogP contribution in [0.4, 0.5) is 9.59 Å². The van der Waals surface area contributed by atoms with E-state index in [0.29, 0.717) is 0 Å². The summed E-state index contributed by atoms with van der Waals surface area (Å²) in [4.78, 5) is 21.9. The molecule has 0 saturated carbocycles. The van der Waals surface area contributed by atoms with Crippen molar-refractivity contribution in [3.05, 3.63) is 0 Å². The van der Waals surface area contributed by atoms with Crippen LogP contribution in [-0.4, -0.2) is 38.1 Å². The molecule has 0 amide bonds. The van der Waals surface area contributed by atoms with Crippen molar-refractivity contribution in [3.8, 4) is 0 Å². The van der Waals surface area contributed by atoms with Gasteiger partial charge < -0.3 is 18.9 Å². The van der Waals surface area contributed by atoms with Crippen LogP contribution in [-0.2, 0) is 32.6 Å². The van der Waals surface area contributed by atoms with Crippen molar-refractivity contribution in [2.75, 3.05) is 13.6 Å². The zero-order chi connectivity index (χ0) is 16.5. The maximum atomic E-state index is 11.5. The third-order valence-corrected chi connectivity index (χ3v) is 2.41. The first-order chi connectivity index (χ1) is 9.62. The number of carbonyl (C=O) groups excluding carboxylic acids is 2. The molecule has 124 valence electrons. The van der Waals surface area contributed by atoms with Crippen LogP contribution in [0.15, 0.2) is 0 Å².